The first kappa shape index (κ1) is 16.4. The molecule has 114 valence electrons. The van der Waals surface area contributed by atoms with Crippen LogP contribution in [-0.4, -0.2) is 8.42 Å². The maximum atomic E-state index is 12.5. The number of thiophene rings is 1. The highest BCUT2D eigenvalue weighted by Gasteiger charge is 2.20. The predicted molar refractivity (Wildman–Crippen MR) is 89.8 cm³/mol. The van der Waals surface area contributed by atoms with Crippen LogP contribution in [0.3, 0.4) is 0 Å². The molecule has 0 amide bonds. The second kappa shape index (κ2) is 6.45. The van der Waals surface area contributed by atoms with E-state index in [4.69, 9.17) is 5.84 Å². The molecule has 2 aromatic rings. The van der Waals surface area contributed by atoms with Crippen LogP contribution in [0, 0.1) is 13.8 Å². The van der Waals surface area contributed by atoms with Crippen LogP contribution in [0.25, 0.3) is 0 Å². The van der Waals surface area contributed by atoms with E-state index in [1.165, 1.54) is 11.3 Å². The molecule has 0 fully saturated rings. The van der Waals surface area contributed by atoms with E-state index < -0.39 is 10.0 Å². The average Bonchev–Trinajstić information content (AvgIpc) is 2.81. The van der Waals surface area contributed by atoms with Gasteiger partial charge in [0.15, 0.2) is 0 Å². The third kappa shape index (κ3) is 3.83. The van der Waals surface area contributed by atoms with Gasteiger partial charge in [-0.1, -0.05) is 0 Å². The van der Waals surface area contributed by atoms with E-state index in [1.54, 1.807) is 26.0 Å². The van der Waals surface area contributed by atoms with Crippen molar-refractivity contribution in [3.8, 4) is 0 Å². The minimum absolute atomic E-state index is 0.272. The summed E-state index contributed by atoms with van der Waals surface area (Å²) in [5.41, 5.74) is 4.53. The van der Waals surface area contributed by atoms with Crippen molar-refractivity contribution in [1.82, 2.24) is 4.72 Å². The smallest absolute Gasteiger partial charge is 0.241 e. The third-order valence-corrected chi connectivity index (χ3v) is 6.36. The van der Waals surface area contributed by atoms with E-state index in [9.17, 15) is 8.42 Å². The molecule has 5 nitrogen and oxygen atoms in total. The van der Waals surface area contributed by atoms with E-state index in [1.807, 2.05) is 11.4 Å². The molecule has 0 aliphatic rings. The molecule has 0 aliphatic heterocycles. The van der Waals surface area contributed by atoms with Crippen LogP contribution in [-0.2, 0) is 16.6 Å². The van der Waals surface area contributed by atoms with Crippen LogP contribution in [0.1, 0.15) is 16.0 Å². The lowest BCUT2D eigenvalue weighted by molar-refractivity contribution is 0.580. The van der Waals surface area contributed by atoms with Gasteiger partial charge in [-0.3, -0.25) is 5.84 Å². The summed E-state index contributed by atoms with van der Waals surface area (Å²) in [6.07, 6.45) is 0. The molecule has 1 aromatic carbocycles. The van der Waals surface area contributed by atoms with Crippen LogP contribution in [0.5, 0.6) is 0 Å². The molecule has 0 atom stereocenters. The molecule has 0 saturated carbocycles. The van der Waals surface area contributed by atoms with Gasteiger partial charge < -0.3 is 5.43 Å². The molecule has 2 rings (SSSR count). The van der Waals surface area contributed by atoms with Gasteiger partial charge in [0.2, 0.25) is 10.0 Å². The fourth-order valence-electron chi connectivity index (χ4n) is 2.14. The van der Waals surface area contributed by atoms with E-state index in [-0.39, 0.29) is 6.54 Å². The summed E-state index contributed by atoms with van der Waals surface area (Å²) in [7, 11) is -3.56. The van der Waals surface area contributed by atoms with Crippen LogP contribution >= 0.6 is 27.3 Å². The first-order valence-electron chi connectivity index (χ1n) is 6.14. The van der Waals surface area contributed by atoms with E-state index in [0.29, 0.717) is 21.7 Å². The Bertz CT molecular complexity index is 734. The van der Waals surface area contributed by atoms with Gasteiger partial charge in [-0.05, 0) is 59.1 Å². The number of nitrogens with two attached hydrogens (primary N) is 1. The number of nitrogen functional groups attached to an aromatic ring is 1. The summed E-state index contributed by atoms with van der Waals surface area (Å²) in [6, 6.07) is 5.32. The Labute approximate surface area is 136 Å². The number of hydrogen-bond donors (Lipinski definition) is 3. The lowest BCUT2D eigenvalue weighted by Gasteiger charge is -2.13. The summed E-state index contributed by atoms with van der Waals surface area (Å²) < 4.78 is 28.6. The van der Waals surface area contributed by atoms with Gasteiger partial charge in [0.25, 0.3) is 0 Å². The summed E-state index contributed by atoms with van der Waals surface area (Å²) >= 11 is 4.85. The number of halogens is 1. The molecule has 0 radical (unpaired) electrons. The van der Waals surface area contributed by atoms with Crippen molar-refractivity contribution in [3.05, 3.63) is 44.1 Å². The molecule has 21 heavy (non-hydrogen) atoms. The van der Waals surface area contributed by atoms with E-state index in [2.05, 4.69) is 26.1 Å². The van der Waals surface area contributed by atoms with E-state index in [0.717, 1.165) is 9.35 Å². The summed E-state index contributed by atoms with van der Waals surface area (Å²) in [5, 5.41) is 1.92. The molecule has 0 saturated heterocycles. The second-order valence-electron chi connectivity index (χ2n) is 4.64. The first-order valence-corrected chi connectivity index (χ1v) is 9.29. The molecular formula is C13H16BrN3O2S2. The predicted octanol–water partition coefficient (Wildman–Crippen LogP) is 2.89. The maximum Gasteiger partial charge on any atom is 0.241 e. The standard InChI is InChI=1S/C13H16BrN3O2S2/c1-8-3-11(17-15)4-9(2)13(8)21(18,19)16-6-12-5-10(14)7-20-12/h3-5,7,16-17H,6,15H2,1-2H3. The number of hydrogen-bond acceptors (Lipinski definition) is 5. The van der Waals surface area contributed by atoms with Crippen molar-refractivity contribution in [2.75, 3.05) is 5.43 Å². The Hall–Kier alpha value is -0.930. The van der Waals surface area contributed by atoms with Gasteiger partial charge in [-0.25, -0.2) is 13.1 Å². The molecule has 0 aliphatic carbocycles. The summed E-state index contributed by atoms with van der Waals surface area (Å²) in [4.78, 5) is 1.25. The second-order valence-corrected chi connectivity index (χ2v) is 8.25. The van der Waals surface area contributed by atoms with Crippen molar-refractivity contribution in [3.63, 3.8) is 0 Å². The fourth-order valence-corrected chi connectivity index (χ4v) is 5.08. The number of rotatable bonds is 5. The Morgan fingerprint density at radius 3 is 2.33 bits per heavy atom. The Morgan fingerprint density at radius 2 is 1.86 bits per heavy atom. The first-order chi connectivity index (χ1) is 9.83. The Kier molecular flexibility index (Phi) is 5.05. The van der Waals surface area contributed by atoms with Crippen LogP contribution < -0.4 is 16.0 Å². The highest BCUT2D eigenvalue weighted by Crippen LogP contribution is 2.25. The van der Waals surface area contributed by atoms with E-state index >= 15 is 0 Å². The quantitative estimate of drug-likeness (QED) is 0.542. The minimum Gasteiger partial charge on any atom is -0.324 e. The molecule has 8 heteroatoms. The Balaban J connectivity index is 2.27. The highest BCUT2D eigenvalue weighted by molar-refractivity contribution is 9.10. The van der Waals surface area contributed by atoms with Gasteiger partial charge in [0.05, 0.1) is 4.90 Å². The van der Waals surface area contributed by atoms with Gasteiger partial charge in [-0.15, -0.1) is 11.3 Å². The van der Waals surface area contributed by atoms with Gasteiger partial charge in [0, 0.05) is 27.0 Å². The Morgan fingerprint density at radius 1 is 1.24 bits per heavy atom. The van der Waals surface area contributed by atoms with Gasteiger partial charge in [0.1, 0.15) is 0 Å². The molecule has 1 aromatic heterocycles. The van der Waals surface area contributed by atoms with Crippen molar-refractivity contribution in [1.29, 1.82) is 0 Å². The monoisotopic (exact) mass is 389 g/mol. The number of hydrazine groups is 1. The molecule has 1 heterocycles. The van der Waals surface area contributed by atoms with Crippen molar-refractivity contribution in [2.24, 2.45) is 5.84 Å². The molecule has 0 unspecified atom stereocenters. The molecule has 0 spiro atoms. The van der Waals surface area contributed by atoms with Crippen molar-refractivity contribution in [2.45, 2.75) is 25.3 Å². The number of nitrogens with one attached hydrogen (secondary N) is 2. The topological polar surface area (TPSA) is 84.2 Å². The summed E-state index contributed by atoms with van der Waals surface area (Å²) in [5.74, 6) is 5.37. The number of anilines is 1. The van der Waals surface area contributed by atoms with Crippen LogP contribution in [0.15, 0.2) is 32.9 Å². The van der Waals surface area contributed by atoms with Gasteiger partial charge >= 0.3 is 0 Å². The zero-order valence-corrected chi connectivity index (χ0v) is 14.8. The average molecular weight is 390 g/mol. The fraction of sp³-hybridized carbons (Fsp3) is 0.231. The third-order valence-electron chi connectivity index (χ3n) is 2.95. The van der Waals surface area contributed by atoms with Gasteiger partial charge in [-0.2, -0.15) is 0 Å². The molecule has 4 N–H and O–H groups in total. The summed E-state index contributed by atoms with van der Waals surface area (Å²) in [6.45, 7) is 3.78. The number of sulfonamides is 1. The lowest BCUT2D eigenvalue weighted by Crippen LogP contribution is -2.24. The largest absolute Gasteiger partial charge is 0.324 e. The molecular weight excluding hydrogens is 374 g/mol. The normalized spacial score (nSPS) is 11.6. The molecule has 0 bridgehead atoms. The highest BCUT2D eigenvalue weighted by atomic mass is 79.9. The minimum atomic E-state index is -3.56. The van der Waals surface area contributed by atoms with Crippen LogP contribution in [0.4, 0.5) is 5.69 Å². The number of benzene rings is 1. The lowest BCUT2D eigenvalue weighted by atomic mass is 10.1. The SMILES string of the molecule is Cc1cc(NN)cc(C)c1S(=O)(=O)NCc1cc(Br)cs1. The number of aryl methyl sites for hydroxylation is 2. The zero-order chi connectivity index (χ0) is 15.6. The van der Waals surface area contributed by atoms with Crippen LogP contribution in [0.2, 0.25) is 0 Å². The zero-order valence-electron chi connectivity index (χ0n) is 11.6. The van der Waals surface area contributed by atoms with Crippen molar-refractivity contribution >= 4 is 43.0 Å². The van der Waals surface area contributed by atoms with Crippen molar-refractivity contribution < 1.29 is 8.42 Å². The maximum absolute atomic E-state index is 12.5.